The minimum Gasteiger partial charge on any atom is -0.475 e. The van der Waals surface area contributed by atoms with Crippen LogP contribution in [0, 0.1) is 0 Å². The summed E-state index contributed by atoms with van der Waals surface area (Å²) in [6.45, 7) is 0.775. The number of rotatable bonds is 1. The molecule has 1 heterocycles. The van der Waals surface area contributed by atoms with Gasteiger partial charge in [0.15, 0.2) is 0 Å². The summed E-state index contributed by atoms with van der Waals surface area (Å²) in [4.78, 5) is 8.90. The monoisotopic (exact) mass is 331 g/mol. The molecule has 10 heteroatoms. The first-order valence-corrected chi connectivity index (χ1v) is 5.77. The highest BCUT2D eigenvalue weighted by Crippen LogP contribution is 2.31. The lowest BCUT2D eigenvalue weighted by Crippen LogP contribution is -2.56. The van der Waals surface area contributed by atoms with Crippen molar-refractivity contribution in [2.45, 2.75) is 18.0 Å². The maximum Gasteiger partial charge on any atom is 0.490 e. The van der Waals surface area contributed by atoms with Crippen LogP contribution in [0.5, 0.6) is 0 Å². The zero-order valence-electron chi connectivity index (χ0n) is 10.8. The molecule has 1 aromatic carbocycles. The predicted octanol–water partition coefficient (Wildman–Crippen LogP) is 2.13. The van der Waals surface area contributed by atoms with Crippen molar-refractivity contribution in [3.8, 4) is 0 Å². The van der Waals surface area contributed by atoms with Crippen LogP contribution in [0.2, 0.25) is 0 Å². The van der Waals surface area contributed by atoms with Crippen LogP contribution in [-0.4, -0.2) is 35.4 Å². The third-order valence-electron chi connectivity index (χ3n) is 2.83. The molecule has 1 saturated heterocycles. The Morgan fingerprint density at radius 2 is 1.45 bits per heavy atom. The first-order chi connectivity index (χ1) is 9.86. The van der Waals surface area contributed by atoms with Crippen molar-refractivity contribution < 1.29 is 41.4 Å². The molecule has 0 radical (unpaired) electrons. The highest BCUT2D eigenvalue weighted by Gasteiger charge is 2.38. The standard InChI is InChI=1S/C10H10F3NO.C2HF3O2/c11-10(12,13)8-3-1-7(2-4-8)9(15)5-14-6-9;3-2(4,5)1(6)7/h1-4,14-15H,5-6H2;(H,6,7). The van der Waals surface area contributed by atoms with Crippen molar-refractivity contribution in [1.82, 2.24) is 5.32 Å². The Bertz CT molecular complexity index is 519. The molecule has 1 aromatic rings. The summed E-state index contributed by atoms with van der Waals surface area (Å²) in [5.74, 6) is -2.76. The van der Waals surface area contributed by atoms with Crippen LogP contribution in [0.4, 0.5) is 26.3 Å². The van der Waals surface area contributed by atoms with Gasteiger partial charge in [-0.05, 0) is 17.7 Å². The molecule has 0 unspecified atom stereocenters. The van der Waals surface area contributed by atoms with Crippen LogP contribution in [0.25, 0.3) is 0 Å². The molecule has 22 heavy (non-hydrogen) atoms. The van der Waals surface area contributed by atoms with Gasteiger partial charge in [0.1, 0.15) is 5.60 Å². The van der Waals surface area contributed by atoms with Gasteiger partial charge in [-0.25, -0.2) is 4.79 Å². The largest absolute Gasteiger partial charge is 0.490 e. The molecular weight excluding hydrogens is 320 g/mol. The molecule has 4 nitrogen and oxygen atoms in total. The number of alkyl halides is 6. The van der Waals surface area contributed by atoms with E-state index in [0.717, 1.165) is 12.1 Å². The summed E-state index contributed by atoms with van der Waals surface area (Å²) in [6, 6.07) is 4.63. The summed E-state index contributed by atoms with van der Waals surface area (Å²) >= 11 is 0. The quantitative estimate of drug-likeness (QED) is 0.690. The number of nitrogens with one attached hydrogen (secondary N) is 1. The molecule has 3 N–H and O–H groups in total. The van der Waals surface area contributed by atoms with E-state index in [4.69, 9.17) is 9.90 Å². The lowest BCUT2D eigenvalue weighted by Gasteiger charge is -2.38. The van der Waals surface area contributed by atoms with Crippen molar-refractivity contribution in [2.24, 2.45) is 0 Å². The van der Waals surface area contributed by atoms with Crippen molar-refractivity contribution in [3.63, 3.8) is 0 Å². The second-order valence-electron chi connectivity index (χ2n) is 4.51. The van der Waals surface area contributed by atoms with Gasteiger partial charge in [-0.2, -0.15) is 26.3 Å². The maximum atomic E-state index is 12.2. The van der Waals surface area contributed by atoms with E-state index in [-0.39, 0.29) is 0 Å². The Hall–Kier alpha value is -1.81. The molecule has 0 bridgehead atoms. The molecule has 0 atom stereocenters. The van der Waals surface area contributed by atoms with Gasteiger partial charge in [-0.3, -0.25) is 0 Å². The van der Waals surface area contributed by atoms with Crippen LogP contribution < -0.4 is 5.32 Å². The van der Waals surface area contributed by atoms with Gasteiger partial charge in [0.25, 0.3) is 0 Å². The zero-order valence-corrected chi connectivity index (χ0v) is 10.8. The number of aliphatic hydroxyl groups is 1. The van der Waals surface area contributed by atoms with E-state index in [1.165, 1.54) is 12.1 Å². The van der Waals surface area contributed by atoms with Crippen LogP contribution in [-0.2, 0) is 16.6 Å². The van der Waals surface area contributed by atoms with Gasteiger partial charge in [0, 0.05) is 13.1 Å². The zero-order chi connectivity index (χ0) is 17.2. The van der Waals surface area contributed by atoms with E-state index < -0.39 is 29.5 Å². The average Bonchev–Trinajstić information content (AvgIpc) is 2.34. The highest BCUT2D eigenvalue weighted by atomic mass is 19.4. The third kappa shape index (κ3) is 4.60. The molecular formula is C12H11F6NO3. The number of halogens is 6. The summed E-state index contributed by atoms with van der Waals surface area (Å²) in [7, 11) is 0. The van der Waals surface area contributed by atoms with E-state index in [1.807, 2.05) is 0 Å². The Kier molecular flexibility index (Phi) is 5.08. The molecule has 1 aliphatic rings. The summed E-state index contributed by atoms with van der Waals surface area (Å²) in [6.07, 6.45) is -9.40. The van der Waals surface area contributed by atoms with Crippen molar-refractivity contribution in [1.29, 1.82) is 0 Å². The number of aliphatic carboxylic acids is 1. The number of hydrogen-bond donors (Lipinski definition) is 3. The van der Waals surface area contributed by atoms with Gasteiger partial charge >= 0.3 is 18.3 Å². The third-order valence-corrected chi connectivity index (χ3v) is 2.83. The molecule has 0 spiro atoms. The summed E-state index contributed by atoms with van der Waals surface area (Å²) in [5, 5.41) is 19.8. The lowest BCUT2D eigenvalue weighted by molar-refractivity contribution is -0.192. The molecule has 0 aromatic heterocycles. The maximum absolute atomic E-state index is 12.2. The molecule has 0 saturated carbocycles. The minimum absolute atomic E-state index is 0.387. The summed E-state index contributed by atoms with van der Waals surface area (Å²) in [5.41, 5.74) is -1.17. The van der Waals surface area contributed by atoms with Gasteiger partial charge in [0.05, 0.1) is 5.56 Å². The van der Waals surface area contributed by atoms with E-state index in [0.29, 0.717) is 18.7 Å². The van der Waals surface area contributed by atoms with Crippen molar-refractivity contribution in [3.05, 3.63) is 35.4 Å². The van der Waals surface area contributed by atoms with E-state index >= 15 is 0 Å². The Morgan fingerprint density at radius 1 is 1.05 bits per heavy atom. The van der Waals surface area contributed by atoms with Gasteiger partial charge in [-0.15, -0.1) is 0 Å². The SMILES string of the molecule is O=C(O)C(F)(F)F.OC1(c2ccc(C(F)(F)F)cc2)CNC1. The van der Waals surface area contributed by atoms with Crippen LogP contribution in [0.1, 0.15) is 11.1 Å². The van der Waals surface area contributed by atoms with E-state index in [2.05, 4.69) is 5.32 Å². The number of carboxylic acid groups (broad SMARTS) is 1. The van der Waals surface area contributed by atoms with Crippen LogP contribution >= 0.6 is 0 Å². The highest BCUT2D eigenvalue weighted by molar-refractivity contribution is 5.73. The normalized spacial score (nSPS) is 17.0. The van der Waals surface area contributed by atoms with E-state index in [9.17, 15) is 31.4 Å². The molecule has 2 rings (SSSR count). The Labute approximate surface area is 120 Å². The smallest absolute Gasteiger partial charge is 0.475 e. The van der Waals surface area contributed by atoms with Crippen molar-refractivity contribution in [2.75, 3.05) is 13.1 Å². The number of hydrogen-bond acceptors (Lipinski definition) is 3. The number of carbonyl (C=O) groups is 1. The summed E-state index contributed by atoms with van der Waals surface area (Å²) < 4.78 is 68.4. The molecule has 1 aliphatic heterocycles. The van der Waals surface area contributed by atoms with Crippen LogP contribution in [0.15, 0.2) is 24.3 Å². The van der Waals surface area contributed by atoms with E-state index in [1.54, 1.807) is 0 Å². The lowest BCUT2D eigenvalue weighted by atomic mass is 9.88. The number of benzene rings is 1. The van der Waals surface area contributed by atoms with Crippen LogP contribution in [0.3, 0.4) is 0 Å². The molecule has 0 amide bonds. The second-order valence-corrected chi connectivity index (χ2v) is 4.51. The second kappa shape index (κ2) is 6.13. The fraction of sp³-hybridized carbons (Fsp3) is 0.417. The van der Waals surface area contributed by atoms with Crippen molar-refractivity contribution >= 4 is 5.97 Å². The predicted molar refractivity (Wildman–Crippen MR) is 61.9 cm³/mol. The average molecular weight is 331 g/mol. The minimum atomic E-state index is -5.08. The van der Waals surface area contributed by atoms with Gasteiger partial charge in [-0.1, -0.05) is 12.1 Å². The first-order valence-electron chi connectivity index (χ1n) is 5.77. The number of β-amino-alcohol motifs (C(OH)–C–C–N with tert-alkyl or cyclic N) is 1. The first kappa shape index (κ1) is 18.2. The molecule has 1 fully saturated rings. The van der Waals surface area contributed by atoms with Gasteiger partial charge < -0.3 is 15.5 Å². The molecule has 0 aliphatic carbocycles. The molecule has 124 valence electrons. The fourth-order valence-electron chi connectivity index (χ4n) is 1.54. The number of carboxylic acids is 1. The Balaban J connectivity index is 0.000000295. The fourth-order valence-corrected chi connectivity index (χ4v) is 1.54. The Morgan fingerprint density at radius 3 is 1.68 bits per heavy atom. The van der Waals surface area contributed by atoms with Gasteiger partial charge in [0.2, 0.25) is 0 Å². The topological polar surface area (TPSA) is 69.6 Å².